The van der Waals surface area contributed by atoms with Gasteiger partial charge in [-0.05, 0) is 42.7 Å². The summed E-state index contributed by atoms with van der Waals surface area (Å²) < 4.78 is 0. The van der Waals surface area contributed by atoms with Crippen molar-refractivity contribution in [3.8, 4) is 0 Å². The Kier molecular flexibility index (Phi) is 1.74. The minimum absolute atomic E-state index is 0.434. The smallest absolute Gasteiger partial charge is 0.0108 e. The predicted octanol–water partition coefficient (Wildman–Crippen LogP) is 2.26. The van der Waals surface area contributed by atoms with Crippen molar-refractivity contribution < 1.29 is 0 Å². The van der Waals surface area contributed by atoms with E-state index in [1.54, 1.807) is 0 Å². The first-order valence-electron chi connectivity index (χ1n) is 4.08. The van der Waals surface area contributed by atoms with Crippen LogP contribution in [0.5, 0.6) is 0 Å². The number of rotatable bonds is 1. The number of thiophene rings is 1. The maximum atomic E-state index is 5.87. The van der Waals surface area contributed by atoms with Crippen LogP contribution in [0.2, 0.25) is 0 Å². The van der Waals surface area contributed by atoms with Crippen LogP contribution in [0.4, 0.5) is 0 Å². The normalized spacial score (nSPS) is 30.0. The van der Waals surface area contributed by atoms with Gasteiger partial charge in [-0.25, -0.2) is 0 Å². The van der Waals surface area contributed by atoms with Crippen molar-refractivity contribution in [3.63, 3.8) is 0 Å². The van der Waals surface area contributed by atoms with Crippen LogP contribution in [0, 0.1) is 6.92 Å². The Morgan fingerprint density at radius 2 is 2.36 bits per heavy atom. The second-order valence-electron chi connectivity index (χ2n) is 3.34. The van der Waals surface area contributed by atoms with Gasteiger partial charge in [0.05, 0.1) is 0 Å². The van der Waals surface area contributed by atoms with Crippen molar-refractivity contribution in [1.29, 1.82) is 0 Å². The standard InChI is InChI=1S/C9H13NS/c1-6-4-7(5-11-6)8-2-3-9(8)10/h4-5,8-9H,2-3,10H2,1H3. The molecule has 1 aliphatic carbocycles. The lowest BCUT2D eigenvalue weighted by Crippen LogP contribution is -2.37. The molecule has 0 spiro atoms. The molecule has 1 heterocycles. The summed E-state index contributed by atoms with van der Waals surface area (Å²) in [5.74, 6) is 0.667. The van der Waals surface area contributed by atoms with Gasteiger partial charge in [0, 0.05) is 10.9 Å². The van der Waals surface area contributed by atoms with Gasteiger partial charge in [0.1, 0.15) is 0 Å². The highest BCUT2D eigenvalue weighted by molar-refractivity contribution is 7.10. The third-order valence-electron chi connectivity index (χ3n) is 2.51. The molecule has 60 valence electrons. The molecule has 1 fully saturated rings. The van der Waals surface area contributed by atoms with Gasteiger partial charge >= 0.3 is 0 Å². The summed E-state index contributed by atoms with van der Waals surface area (Å²) in [5, 5.41) is 2.25. The Hall–Kier alpha value is -0.340. The average Bonchev–Trinajstić information content (AvgIpc) is 2.33. The van der Waals surface area contributed by atoms with Crippen molar-refractivity contribution in [1.82, 2.24) is 0 Å². The molecule has 0 amide bonds. The van der Waals surface area contributed by atoms with Crippen molar-refractivity contribution in [3.05, 3.63) is 21.9 Å². The van der Waals surface area contributed by atoms with Crippen LogP contribution in [0.25, 0.3) is 0 Å². The summed E-state index contributed by atoms with van der Waals surface area (Å²) in [5.41, 5.74) is 7.33. The van der Waals surface area contributed by atoms with Crippen LogP contribution in [-0.2, 0) is 0 Å². The Bertz CT molecular complexity index is 254. The molecule has 2 N–H and O–H groups in total. The van der Waals surface area contributed by atoms with Gasteiger partial charge in [-0.1, -0.05) is 0 Å². The first-order valence-corrected chi connectivity index (χ1v) is 4.96. The molecule has 0 bridgehead atoms. The van der Waals surface area contributed by atoms with Gasteiger partial charge in [-0.15, -0.1) is 11.3 Å². The van der Waals surface area contributed by atoms with E-state index in [9.17, 15) is 0 Å². The van der Waals surface area contributed by atoms with E-state index in [-0.39, 0.29) is 0 Å². The first kappa shape index (κ1) is 7.32. The molecule has 1 nitrogen and oxygen atoms in total. The Balaban J connectivity index is 2.16. The van der Waals surface area contributed by atoms with Gasteiger partial charge in [-0.3, -0.25) is 0 Å². The molecule has 1 aromatic heterocycles. The molecule has 1 aliphatic rings. The van der Waals surface area contributed by atoms with E-state index in [1.807, 2.05) is 11.3 Å². The Morgan fingerprint density at radius 3 is 2.73 bits per heavy atom. The van der Waals surface area contributed by atoms with Crippen molar-refractivity contribution >= 4 is 11.3 Å². The van der Waals surface area contributed by atoms with Crippen LogP contribution < -0.4 is 5.73 Å². The minimum Gasteiger partial charge on any atom is -0.327 e. The van der Waals surface area contributed by atoms with Crippen LogP contribution >= 0.6 is 11.3 Å². The van der Waals surface area contributed by atoms with E-state index in [1.165, 1.54) is 23.3 Å². The maximum Gasteiger partial charge on any atom is 0.0108 e. The highest BCUT2D eigenvalue weighted by Gasteiger charge is 2.28. The number of aryl methyl sites for hydroxylation is 1. The number of hydrogen-bond acceptors (Lipinski definition) is 2. The number of hydrogen-bond donors (Lipinski definition) is 1. The summed E-state index contributed by atoms with van der Waals surface area (Å²) in [6.07, 6.45) is 2.50. The SMILES string of the molecule is Cc1cc(C2CCC2N)cs1. The van der Waals surface area contributed by atoms with Crippen LogP contribution in [0.15, 0.2) is 11.4 Å². The molecular formula is C9H13NS. The molecule has 0 saturated heterocycles. The van der Waals surface area contributed by atoms with Crippen LogP contribution in [0.3, 0.4) is 0 Å². The van der Waals surface area contributed by atoms with E-state index < -0.39 is 0 Å². The van der Waals surface area contributed by atoms with E-state index in [2.05, 4.69) is 18.4 Å². The molecule has 11 heavy (non-hydrogen) atoms. The van der Waals surface area contributed by atoms with Gasteiger partial charge < -0.3 is 5.73 Å². The van der Waals surface area contributed by atoms with Gasteiger partial charge in [-0.2, -0.15) is 0 Å². The highest BCUT2D eigenvalue weighted by Crippen LogP contribution is 2.37. The van der Waals surface area contributed by atoms with E-state index >= 15 is 0 Å². The fourth-order valence-corrected chi connectivity index (χ4v) is 2.37. The van der Waals surface area contributed by atoms with Crippen molar-refractivity contribution in [2.75, 3.05) is 0 Å². The van der Waals surface area contributed by atoms with Crippen molar-refractivity contribution in [2.45, 2.75) is 31.7 Å². The third-order valence-corrected chi connectivity index (χ3v) is 3.39. The van der Waals surface area contributed by atoms with Crippen LogP contribution in [0.1, 0.15) is 29.2 Å². The van der Waals surface area contributed by atoms with E-state index in [4.69, 9.17) is 5.73 Å². The molecule has 2 rings (SSSR count). The van der Waals surface area contributed by atoms with E-state index in [0.717, 1.165) is 0 Å². The minimum atomic E-state index is 0.434. The first-order chi connectivity index (χ1) is 5.27. The quantitative estimate of drug-likeness (QED) is 0.682. The van der Waals surface area contributed by atoms with Crippen LogP contribution in [-0.4, -0.2) is 6.04 Å². The zero-order chi connectivity index (χ0) is 7.84. The van der Waals surface area contributed by atoms with E-state index in [0.29, 0.717) is 12.0 Å². The molecule has 1 saturated carbocycles. The summed E-state index contributed by atoms with van der Waals surface area (Å²) in [7, 11) is 0. The lowest BCUT2D eigenvalue weighted by Gasteiger charge is -2.33. The predicted molar refractivity (Wildman–Crippen MR) is 49.0 cm³/mol. The monoisotopic (exact) mass is 167 g/mol. The zero-order valence-electron chi connectivity index (χ0n) is 6.71. The van der Waals surface area contributed by atoms with Gasteiger partial charge in [0.25, 0.3) is 0 Å². The van der Waals surface area contributed by atoms with Gasteiger partial charge in [0.2, 0.25) is 0 Å². The number of nitrogens with two attached hydrogens (primary N) is 1. The summed E-state index contributed by atoms with van der Waals surface area (Å²) in [4.78, 5) is 1.40. The second-order valence-corrected chi connectivity index (χ2v) is 4.45. The molecule has 0 aromatic carbocycles. The average molecular weight is 167 g/mol. The maximum absolute atomic E-state index is 5.87. The third kappa shape index (κ3) is 1.21. The van der Waals surface area contributed by atoms with Crippen molar-refractivity contribution in [2.24, 2.45) is 5.73 Å². The molecular weight excluding hydrogens is 154 g/mol. The molecule has 1 aromatic rings. The lowest BCUT2D eigenvalue weighted by atomic mass is 9.76. The summed E-state index contributed by atoms with van der Waals surface area (Å²) in [6.45, 7) is 2.15. The molecule has 2 unspecified atom stereocenters. The topological polar surface area (TPSA) is 26.0 Å². The largest absolute Gasteiger partial charge is 0.327 e. The lowest BCUT2D eigenvalue weighted by molar-refractivity contribution is 0.347. The fourth-order valence-electron chi connectivity index (χ4n) is 1.60. The highest BCUT2D eigenvalue weighted by atomic mass is 32.1. The molecule has 2 heteroatoms. The summed E-state index contributed by atoms with van der Waals surface area (Å²) in [6, 6.07) is 2.71. The fraction of sp³-hybridized carbons (Fsp3) is 0.556. The van der Waals surface area contributed by atoms with Gasteiger partial charge in [0.15, 0.2) is 0 Å². The molecule has 2 atom stereocenters. The summed E-state index contributed by atoms with van der Waals surface area (Å²) >= 11 is 1.83. The second kappa shape index (κ2) is 2.61. The zero-order valence-corrected chi connectivity index (χ0v) is 7.53. The Labute approximate surface area is 71.2 Å². The molecule has 0 radical (unpaired) electrons. The Morgan fingerprint density at radius 1 is 1.55 bits per heavy atom. The molecule has 0 aliphatic heterocycles.